The predicted octanol–water partition coefficient (Wildman–Crippen LogP) is 0.628. The Morgan fingerprint density at radius 1 is 1.36 bits per heavy atom. The smallest absolute Gasteiger partial charge is 0.317 e. The second kappa shape index (κ2) is 7.29. The Morgan fingerprint density at radius 2 is 2.11 bits per heavy atom. The Labute approximate surface area is 163 Å². The van der Waals surface area contributed by atoms with Gasteiger partial charge in [0.1, 0.15) is 6.04 Å². The van der Waals surface area contributed by atoms with Gasteiger partial charge in [-0.05, 0) is 18.9 Å². The van der Waals surface area contributed by atoms with Crippen LogP contribution < -0.4 is 15.4 Å². The van der Waals surface area contributed by atoms with E-state index in [-0.39, 0.29) is 24.4 Å². The molecule has 3 heterocycles. The van der Waals surface area contributed by atoms with Crippen LogP contribution in [0.15, 0.2) is 6.07 Å². The monoisotopic (exact) mass is 387 g/mol. The zero-order chi connectivity index (χ0) is 19.8. The third-order valence-corrected chi connectivity index (χ3v) is 5.78. The number of amides is 4. The molecule has 1 aromatic rings. The van der Waals surface area contributed by atoms with E-state index >= 15 is 0 Å². The van der Waals surface area contributed by atoms with Crippen LogP contribution >= 0.6 is 0 Å². The molecule has 1 saturated heterocycles. The number of aromatic nitrogens is 1. The number of hydrogen-bond acceptors (Lipinski definition) is 5. The summed E-state index contributed by atoms with van der Waals surface area (Å²) in [5, 5.41) is 5.43. The van der Waals surface area contributed by atoms with Crippen molar-refractivity contribution in [2.45, 2.75) is 50.9 Å². The van der Waals surface area contributed by atoms with E-state index < -0.39 is 6.04 Å². The van der Waals surface area contributed by atoms with Crippen molar-refractivity contribution in [2.75, 3.05) is 20.7 Å². The molecule has 9 nitrogen and oxygen atoms in total. The van der Waals surface area contributed by atoms with Gasteiger partial charge < -0.3 is 25.2 Å². The van der Waals surface area contributed by atoms with E-state index in [2.05, 4.69) is 15.6 Å². The van der Waals surface area contributed by atoms with Crippen molar-refractivity contribution in [2.24, 2.45) is 0 Å². The molecule has 150 valence electrons. The first kappa shape index (κ1) is 18.5. The number of nitrogens with zero attached hydrogens (tertiary/aromatic N) is 3. The summed E-state index contributed by atoms with van der Waals surface area (Å²) in [7, 11) is 3.16. The fourth-order valence-corrected chi connectivity index (χ4v) is 4.20. The zero-order valence-electron chi connectivity index (χ0n) is 16.2. The molecule has 0 unspecified atom stereocenters. The van der Waals surface area contributed by atoms with Crippen molar-refractivity contribution >= 4 is 17.8 Å². The van der Waals surface area contributed by atoms with Gasteiger partial charge in [0.15, 0.2) is 0 Å². The molecular formula is C19H25N5O4. The van der Waals surface area contributed by atoms with Crippen LogP contribution in [0.4, 0.5) is 4.79 Å². The number of nitrogens with one attached hydrogen (secondary N) is 2. The summed E-state index contributed by atoms with van der Waals surface area (Å²) in [6, 6.07) is 1.21. The quantitative estimate of drug-likeness (QED) is 0.771. The number of hydrogen-bond donors (Lipinski definition) is 2. The minimum absolute atomic E-state index is 0.00862. The number of fused-ring (bicyclic) bond motifs is 1. The lowest BCUT2D eigenvalue weighted by molar-refractivity contribution is -0.122. The third kappa shape index (κ3) is 3.25. The second-order valence-corrected chi connectivity index (χ2v) is 7.62. The maximum atomic E-state index is 12.9. The molecule has 28 heavy (non-hydrogen) atoms. The van der Waals surface area contributed by atoms with Gasteiger partial charge in [-0.15, -0.1) is 0 Å². The SMILES string of the molecule is COc1nc2c(cc1CNC(=O)[C@@H]1CN(C)C(=O)N1)C(=O)N(C1CCCC1)C2. The zero-order valence-corrected chi connectivity index (χ0v) is 16.2. The summed E-state index contributed by atoms with van der Waals surface area (Å²) in [4.78, 5) is 44.6. The minimum atomic E-state index is -0.592. The standard InChI is InChI=1S/C19H25N5O4/c1-23-9-15(22-19(23)27)16(25)20-8-11-7-13-14(21-17(11)28-2)10-24(18(13)26)12-5-3-4-6-12/h7,12,15H,3-6,8-10H2,1-2H3,(H,20,25)(H,22,27)/t15-/m0/s1. The van der Waals surface area contributed by atoms with E-state index in [1.165, 1.54) is 12.0 Å². The van der Waals surface area contributed by atoms with Crippen LogP contribution in [-0.2, 0) is 17.9 Å². The Bertz CT molecular complexity index is 821. The first-order valence-electron chi connectivity index (χ1n) is 9.65. The molecule has 1 aromatic heterocycles. The number of carbonyl (C=O) groups excluding carboxylic acids is 3. The van der Waals surface area contributed by atoms with Crippen LogP contribution in [0.25, 0.3) is 0 Å². The lowest BCUT2D eigenvalue weighted by Gasteiger charge is -2.22. The van der Waals surface area contributed by atoms with Crippen molar-refractivity contribution in [3.05, 3.63) is 22.9 Å². The fourth-order valence-electron chi connectivity index (χ4n) is 4.20. The Kier molecular flexibility index (Phi) is 4.82. The first-order valence-corrected chi connectivity index (χ1v) is 9.65. The van der Waals surface area contributed by atoms with E-state index in [0.717, 1.165) is 31.4 Å². The summed E-state index contributed by atoms with van der Waals surface area (Å²) < 4.78 is 5.39. The molecule has 1 saturated carbocycles. The Morgan fingerprint density at radius 3 is 2.75 bits per heavy atom. The maximum Gasteiger partial charge on any atom is 0.317 e. The Balaban J connectivity index is 1.47. The summed E-state index contributed by atoms with van der Waals surface area (Å²) >= 11 is 0. The topological polar surface area (TPSA) is 104 Å². The predicted molar refractivity (Wildman–Crippen MR) is 99.7 cm³/mol. The summed E-state index contributed by atoms with van der Waals surface area (Å²) in [6.45, 7) is 1.01. The van der Waals surface area contributed by atoms with Gasteiger partial charge in [0.05, 0.1) is 31.5 Å². The van der Waals surface area contributed by atoms with Crippen LogP contribution in [0.5, 0.6) is 5.88 Å². The third-order valence-electron chi connectivity index (χ3n) is 5.78. The molecule has 0 spiro atoms. The molecule has 1 atom stereocenters. The van der Waals surface area contributed by atoms with Crippen molar-refractivity contribution in [1.29, 1.82) is 0 Å². The summed E-state index contributed by atoms with van der Waals surface area (Å²) in [6.07, 6.45) is 4.40. The van der Waals surface area contributed by atoms with Gasteiger partial charge in [-0.3, -0.25) is 9.59 Å². The highest BCUT2D eigenvalue weighted by Gasteiger charge is 2.36. The van der Waals surface area contributed by atoms with E-state index in [0.29, 0.717) is 36.1 Å². The summed E-state index contributed by atoms with van der Waals surface area (Å²) in [5.41, 5.74) is 1.97. The molecular weight excluding hydrogens is 362 g/mol. The van der Waals surface area contributed by atoms with E-state index in [1.54, 1.807) is 13.1 Å². The van der Waals surface area contributed by atoms with Crippen molar-refractivity contribution in [3.8, 4) is 5.88 Å². The van der Waals surface area contributed by atoms with Crippen LogP contribution in [0.2, 0.25) is 0 Å². The highest BCUT2D eigenvalue weighted by Crippen LogP contribution is 2.33. The number of pyridine rings is 1. The van der Waals surface area contributed by atoms with Crippen LogP contribution in [0, 0.1) is 0 Å². The molecule has 1 aliphatic carbocycles. The molecule has 4 rings (SSSR count). The number of likely N-dealkylation sites (N-methyl/N-ethyl adjacent to an activating group) is 1. The molecule has 0 radical (unpaired) electrons. The first-order chi connectivity index (χ1) is 13.5. The molecule has 2 N–H and O–H groups in total. The van der Waals surface area contributed by atoms with E-state index in [4.69, 9.17) is 4.74 Å². The molecule has 0 aromatic carbocycles. The van der Waals surface area contributed by atoms with Crippen molar-refractivity contribution < 1.29 is 19.1 Å². The molecule has 3 aliphatic rings. The highest BCUT2D eigenvalue weighted by atomic mass is 16.5. The average molecular weight is 387 g/mol. The minimum Gasteiger partial charge on any atom is -0.481 e. The Hall–Kier alpha value is -2.84. The average Bonchev–Trinajstić information content (AvgIpc) is 3.40. The molecule has 2 aliphatic heterocycles. The van der Waals surface area contributed by atoms with Gasteiger partial charge in [-0.25, -0.2) is 9.78 Å². The molecule has 9 heteroatoms. The van der Waals surface area contributed by atoms with E-state index in [1.807, 2.05) is 4.90 Å². The van der Waals surface area contributed by atoms with Crippen LogP contribution in [-0.4, -0.2) is 65.4 Å². The highest BCUT2D eigenvalue weighted by molar-refractivity contribution is 5.98. The number of methoxy groups -OCH3 is 1. The van der Waals surface area contributed by atoms with Crippen molar-refractivity contribution in [3.63, 3.8) is 0 Å². The van der Waals surface area contributed by atoms with Crippen LogP contribution in [0.3, 0.4) is 0 Å². The van der Waals surface area contributed by atoms with Gasteiger partial charge in [0.25, 0.3) is 5.91 Å². The number of ether oxygens (including phenoxy) is 1. The maximum absolute atomic E-state index is 12.9. The van der Waals surface area contributed by atoms with Gasteiger partial charge >= 0.3 is 6.03 Å². The van der Waals surface area contributed by atoms with Gasteiger partial charge in [-0.2, -0.15) is 0 Å². The van der Waals surface area contributed by atoms with E-state index in [9.17, 15) is 14.4 Å². The number of rotatable bonds is 5. The van der Waals surface area contributed by atoms with Gasteiger partial charge in [-0.1, -0.05) is 12.8 Å². The number of urea groups is 1. The second-order valence-electron chi connectivity index (χ2n) is 7.62. The molecule has 2 fully saturated rings. The van der Waals surface area contributed by atoms with Gasteiger partial charge in [0, 0.05) is 25.2 Å². The molecule has 0 bridgehead atoms. The summed E-state index contributed by atoms with van der Waals surface area (Å²) in [5.74, 6) is 0.140. The lowest BCUT2D eigenvalue weighted by Crippen LogP contribution is -2.42. The molecule has 4 amide bonds. The van der Waals surface area contributed by atoms with Gasteiger partial charge in [0.2, 0.25) is 11.8 Å². The van der Waals surface area contributed by atoms with Crippen LogP contribution in [0.1, 0.15) is 47.3 Å². The fraction of sp³-hybridized carbons (Fsp3) is 0.579. The normalized spacial score (nSPS) is 21.9. The van der Waals surface area contributed by atoms with Crippen molar-refractivity contribution in [1.82, 2.24) is 25.4 Å². The number of carbonyl (C=O) groups is 3. The lowest BCUT2D eigenvalue weighted by atomic mass is 10.1. The largest absolute Gasteiger partial charge is 0.481 e.